The van der Waals surface area contributed by atoms with Crippen LogP contribution in [0.1, 0.15) is 63.1 Å². The summed E-state index contributed by atoms with van der Waals surface area (Å²) >= 11 is 0. The normalized spacial score (nSPS) is 20.2. The monoisotopic (exact) mass is 409 g/mol. The van der Waals surface area contributed by atoms with Crippen LogP contribution in [0.2, 0.25) is 0 Å². The first-order valence-electron chi connectivity index (χ1n) is 11.0. The Morgan fingerprint density at radius 2 is 2.00 bits per heavy atom. The Morgan fingerprint density at radius 1 is 1.20 bits per heavy atom. The molecule has 160 valence electrons. The second-order valence-corrected chi connectivity index (χ2v) is 8.47. The zero-order valence-corrected chi connectivity index (χ0v) is 17.9. The van der Waals surface area contributed by atoms with Crippen LogP contribution in [0, 0.1) is 6.92 Å². The van der Waals surface area contributed by atoms with Crippen LogP contribution in [-0.4, -0.2) is 61.3 Å². The van der Waals surface area contributed by atoms with E-state index in [1.165, 1.54) is 5.56 Å². The summed E-state index contributed by atoms with van der Waals surface area (Å²) in [6, 6.07) is 11.0. The van der Waals surface area contributed by atoms with E-state index in [9.17, 15) is 9.59 Å². The number of benzene rings is 1. The fraction of sp³-hybridized carbons (Fsp3) is 0.500. The zero-order valence-electron chi connectivity index (χ0n) is 17.9. The van der Waals surface area contributed by atoms with E-state index in [1.807, 2.05) is 6.92 Å². The lowest BCUT2D eigenvalue weighted by Crippen LogP contribution is -2.47. The van der Waals surface area contributed by atoms with Crippen LogP contribution in [0.15, 0.2) is 34.7 Å². The molecular formula is C24H31N3O3. The first kappa shape index (κ1) is 20.8. The molecule has 1 aliphatic carbocycles. The summed E-state index contributed by atoms with van der Waals surface area (Å²) in [5.41, 5.74) is 2.67. The molecule has 1 aromatic heterocycles. The van der Waals surface area contributed by atoms with E-state index in [2.05, 4.69) is 52.5 Å². The van der Waals surface area contributed by atoms with Crippen LogP contribution in [0.4, 0.5) is 0 Å². The summed E-state index contributed by atoms with van der Waals surface area (Å²) in [4.78, 5) is 29.7. The van der Waals surface area contributed by atoms with Crippen molar-refractivity contribution in [3.8, 4) is 0 Å². The number of nitrogens with zero attached hydrogens (tertiary/aromatic N) is 2. The molecule has 1 atom stereocenters. The number of piperazine rings is 1. The lowest BCUT2D eigenvalue weighted by Gasteiger charge is -2.40. The molecule has 1 saturated heterocycles. The molecule has 1 amide bonds. The van der Waals surface area contributed by atoms with Crippen LogP contribution < -0.4 is 5.32 Å². The van der Waals surface area contributed by atoms with Gasteiger partial charge in [-0.05, 0) is 32.4 Å². The SMILES string of the molecule is Cc1c(C(=O)NCCCN2CCN(C)CC2c2ccccc2)oc2c1C(=O)CCC2. The topological polar surface area (TPSA) is 65.8 Å². The van der Waals surface area contributed by atoms with Crippen LogP contribution in [0.3, 0.4) is 0 Å². The highest BCUT2D eigenvalue weighted by Gasteiger charge is 2.29. The maximum Gasteiger partial charge on any atom is 0.287 e. The van der Waals surface area contributed by atoms with Gasteiger partial charge in [0.05, 0.1) is 5.56 Å². The second kappa shape index (κ2) is 9.14. The van der Waals surface area contributed by atoms with Gasteiger partial charge in [-0.3, -0.25) is 14.5 Å². The minimum Gasteiger partial charge on any atom is -0.455 e. The smallest absolute Gasteiger partial charge is 0.287 e. The number of furan rings is 1. The average Bonchev–Trinajstić information content (AvgIpc) is 3.10. The highest BCUT2D eigenvalue weighted by molar-refractivity contribution is 6.03. The van der Waals surface area contributed by atoms with Crippen molar-refractivity contribution in [3.05, 3.63) is 58.5 Å². The van der Waals surface area contributed by atoms with E-state index in [1.54, 1.807) is 0 Å². The van der Waals surface area contributed by atoms with Gasteiger partial charge >= 0.3 is 0 Å². The Labute approximate surface area is 178 Å². The van der Waals surface area contributed by atoms with Gasteiger partial charge in [-0.25, -0.2) is 0 Å². The second-order valence-electron chi connectivity index (χ2n) is 8.47. The summed E-state index contributed by atoms with van der Waals surface area (Å²) in [6.45, 7) is 6.43. The molecule has 0 radical (unpaired) electrons. The van der Waals surface area contributed by atoms with E-state index in [-0.39, 0.29) is 11.7 Å². The average molecular weight is 410 g/mol. The van der Waals surface area contributed by atoms with Crippen molar-refractivity contribution in [1.82, 2.24) is 15.1 Å². The molecule has 1 fully saturated rings. The van der Waals surface area contributed by atoms with Crippen molar-refractivity contribution in [2.24, 2.45) is 0 Å². The van der Waals surface area contributed by atoms with Crippen molar-refractivity contribution in [3.63, 3.8) is 0 Å². The van der Waals surface area contributed by atoms with E-state index < -0.39 is 0 Å². The largest absolute Gasteiger partial charge is 0.455 e. The van der Waals surface area contributed by atoms with Crippen molar-refractivity contribution in [2.45, 2.75) is 38.6 Å². The fourth-order valence-electron chi connectivity index (χ4n) is 4.65. The third-order valence-corrected chi connectivity index (χ3v) is 6.30. The molecule has 2 aliphatic rings. The lowest BCUT2D eigenvalue weighted by atomic mass is 9.94. The maximum atomic E-state index is 12.6. The number of nitrogens with one attached hydrogen (secondary N) is 1. The molecule has 1 aliphatic heterocycles. The summed E-state index contributed by atoms with van der Waals surface area (Å²) in [6.07, 6.45) is 2.95. The number of likely N-dealkylation sites (N-methyl/N-ethyl adjacent to an activating group) is 1. The molecule has 2 heterocycles. The van der Waals surface area contributed by atoms with Crippen LogP contribution >= 0.6 is 0 Å². The van der Waals surface area contributed by atoms with Crippen molar-refractivity contribution in [2.75, 3.05) is 39.8 Å². The third-order valence-electron chi connectivity index (χ3n) is 6.30. The number of ketones is 1. The summed E-state index contributed by atoms with van der Waals surface area (Å²) in [5, 5.41) is 2.99. The Hall–Kier alpha value is -2.44. The van der Waals surface area contributed by atoms with Gasteiger partial charge in [-0.2, -0.15) is 0 Å². The molecule has 6 nitrogen and oxygen atoms in total. The predicted molar refractivity (Wildman–Crippen MR) is 116 cm³/mol. The number of rotatable bonds is 6. The Balaban J connectivity index is 1.32. The van der Waals surface area contributed by atoms with Gasteiger partial charge in [0.2, 0.25) is 0 Å². The molecule has 1 N–H and O–H groups in total. The quantitative estimate of drug-likeness (QED) is 0.742. The van der Waals surface area contributed by atoms with E-state index in [4.69, 9.17) is 4.42 Å². The summed E-state index contributed by atoms with van der Waals surface area (Å²) < 4.78 is 5.75. The number of carbonyl (C=O) groups excluding carboxylic acids is 2. The first-order chi connectivity index (χ1) is 14.5. The summed E-state index contributed by atoms with van der Waals surface area (Å²) in [7, 11) is 2.17. The number of hydrogen-bond acceptors (Lipinski definition) is 5. The predicted octanol–water partition coefficient (Wildman–Crippen LogP) is 3.22. The molecule has 30 heavy (non-hydrogen) atoms. The van der Waals surface area contributed by atoms with Crippen LogP contribution in [0.5, 0.6) is 0 Å². The minimum atomic E-state index is -0.215. The molecule has 6 heteroatoms. The molecule has 2 aromatic rings. The van der Waals surface area contributed by atoms with Gasteiger partial charge in [0.15, 0.2) is 11.5 Å². The van der Waals surface area contributed by atoms with Gasteiger partial charge in [0.1, 0.15) is 5.76 Å². The number of hydrogen-bond donors (Lipinski definition) is 1. The van der Waals surface area contributed by atoms with Crippen molar-refractivity contribution >= 4 is 11.7 Å². The number of amides is 1. The number of Topliss-reactive ketones (excluding diaryl/α,β-unsaturated/α-hetero) is 1. The molecule has 4 rings (SSSR count). The standard InChI is InChI=1S/C24H31N3O3/c1-17-22-20(28)10-6-11-21(22)30-23(17)24(29)25-12-7-13-27-15-14-26(2)16-19(27)18-8-4-3-5-9-18/h3-5,8-9,19H,6-7,10-16H2,1-2H3,(H,25,29). The van der Waals surface area contributed by atoms with Crippen LogP contribution in [0.25, 0.3) is 0 Å². The first-order valence-corrected chi connectivity index (χ1v) is 11.0. The number of fused-ring (bicyclic) bond motifs is 1. The zero-order chi connectivity index (χ0) is 21.1. The van der Waals surface area contributed by atoms with Gasteiger partial charge in [-0.1, -0.05) is 30.3 Å². The van der Waals surface area contributed by atoms with E-state index in [0.29, 0.717) is 41.7 Å². The van der Waals surface area contributed by atoms with Gasteiger partial charge in [-0.15, -0.1) is 0 Å². The van der Waals surface area contributed by atoms with Gasteiger partial charge < -0.3 is 14.6 Å². The highest BCUT2D eigenvalue weighted by atomic mass is 16.4. The number of carbonyl (C=O) groups is 2. The van der Waals surface area contributed by atoms with Gasteiger partial charge in [0.25, 0.3) is 5.91 Å². The fourth-order valence-corrected chi connectivity index (χ4v) is 4.65. The lowest BCUT2D eigenvalue weighted by molar-refractivity contribution is 0.0856. The Morgan fingerprint density at radius 3 is 2.77 bits per heavy atom. The summed E-state index contributed by atoms with van der Waals surface area (Å²) in [5.74, 6) is 0.861. The Bertz CT molecular complexity index is 906. The molecule has 0 saturated carbocycles. The van der Waals surface area contributed by atoms with Gasteiger partial charge in [0, 0.05) is 57.2 Å². The van der Waals surface area contributed by atoms with E-state index >= 15 is 0 Å². The van der Waals surface area contributed by atoms with Crippen LogP contribution in [-0.2, 0) is 6.42 Å². The molecule has 1 aromatic carbocycles. The minimum absolute atomic E-state index is 0.0959. The third kappa shape index (κ3) is 4.35. The molecule has 0 bridgehead atoms. The molecule has 1 unspecified atom stereocenters. The van der Waals surface area contributed by atoms with E-state index in [0.717, 1.165) is 45.4 Å². The molecular weight excluding hydrogens is 378 g/mol. The maximum absolute atomic E-state index is 12.6. The van der Waals surface area contributed by atoms with Crippen molar-refractivity contribution in [1.29, 1.82) is 0 Å². The molecule has 0 spiro atoms. The number of aryl methyl sites for hydroxylation is 1. The highest BCUT2D eigenvalue weighted by Crippen LogP contribution is 2.29. The van der Waals surface area contributed by atoms with Crippen molar-refractivity contribution < 1.29 is 14.0 Å². The Kier molecular flexibility index (Phi) is 6.35.